The molecule has 5 rings (SSSR count). The Morgan fingerprint density at radius 2 is 1.81 bits per heavy atom. The zero-order chi connectivity index (χ0) is 17.5. The van der Waals surface area contributed by atoms with Crippen LogP contribution in [0.25, 0.3) is 33.3 Å². The fourth-order valence-electron chi connectivity index (χ4n) is 3.21. The first kappa shape index (κ1) is 14.7. The van der Waals surface area contributed by atoms with Gasteiger partial charge < -0.3 is 14.3 Å². The van der Waals surface area contributed by atoms with Gasteiger partial charge in [-0.25, -0.2) is 0 Å². The lowest BCUT2D eigenvalue weighted by molar-refractivity contribution is 0.623. The summed E-state index contributed by atoms with van der Waals surface area (Å²) >= 11 is 0. The second-order valence-electron chi connectivity index (χ2n) is 6.21. The molecule has 0 saturated heterocycles. The maximum atomic E-state index is 5.71. The van der Waals surface area contributed by atoms with E-state index in [2.05, 4.69) is 44.2 Å². The van der Waals surface area contributed by atoms with E-state index in [0.29, 0.717) is 6.01 Å². The van der Waals surface area contributed by atoms with Crippen LogP contribution in [0.1, 0.15) is 0 Å². The van der Waals surface area contributed by atoms with Crippen LogP contribution in [0.4, 0.5) is 11.7 Å². The van der Waals surface area contributed by atoms with Crippen LogP contribution in [0.2, 0.25) is 0 Å². The highest BCUT2D eigenvalue weighted by Gasteiger charge is 2.10. The fraction of sp³-hybridized carbons (Fsp3) is 0.0476. The van der Waals surface area contributed by atoms with Crippen molar-refractivity contribution in [2.45, 2.75) is 0 Å². The molecule has 0 aliphatic rings. The van der Waals surface area contributed by atoms with Crippen molar-refractivity contribution < 1.29 is 4.42 Å². The van der Waals surface area contributed by atoms with Crippen molar-refractivity contribution in [3.63, 3.8) is 0 Å². The van der Waals surface area contributed by atoms with Crippen LogP contribution in [-0.2, 0) is 7.05 Å². The molecule has 5 nitrogen and oxygen atoms in total. The number of aryl methyl sites for hydroxylation is 1. The second kappa shape index (κ2) is 5.74. The van der Waals surface area contributed by atoms with Crippen LogP contribution >= 0.6 is 0 Å². The minimum Gasteiger partial charge on any atom is -0.423 e. The lowest BCUT2D eigenvalue weighted by atomic mass is 10.1. The van der Waals surface area contributed by atoms with Crippen molar-refractivity contribution in [1.29, 1.82) is 0 Å². The molecule has 0 atom stereocenters. The first-order valence-electron chi connectivity index (χ1n) is 8.41. The molecule has 3 heterocycles. The number of benzene rings is 2. The predicted molar refractivity (Wildman–Crippen MR) is 103 cm³/mol. The highest BCUT2D eigenvalue weighted by molar-refractivity contribution is 5.93. The third-order valence-corrected chi connectivity index (χ3v) is 4.49. The summed E-state index contributed by atoms with van der Waals surface area (Å²) in [5, 5.41) is 3.22. The largest absolute Gasteiger partial charge is 0.423 e. The average molecular weight is 340 g/mol. The monoisotopic (exact) mass is 340 g/mol. The molecule has 0 fully saturated rings. The zero-order valence-electron chi connectivity index (χ0n) is 14.2. The molecule has 0 bridgehead atoms. The summed E-state index contributed by atoms with van der Waals surface area (Å²) in [6.45, 7) is 0. The third-order valence-electron chi connectivity index (χ3n) is 4.49. The van der Waals surface area contributed by atoms with Crippen LogP contribution in [0.15, 0.2) is 77.5 Å². The lowest BCUT2D eigenvalue weighted by Gasteiger charge is -2.03. The first-order chi connectivity index (χ1) is 12.8. The molecular weight excluding hydrogens is 324 g/mol. The molecule has 5 heteroatoms. The molecule has 0 spiro atoms. The minimum atomic E-state index is 0.491. The number of rotatable bonds is 3. The Labute approximate surface area is 149 Å². The van der Waals surface area contributed by atoms with E-state index in [4.69, 9.17) is 4.42 Å². The van der Waals surface area contributed by atoms with E-state index in [1.165, 1.54) is 0 Å². The maximum absolute atomic E-state index is 5.71. The average Bonchev–Trinajstić information content (AvgIpc) is 3.23. The third kappa shape index (κ3) is 2.41. The van der Waals surface area contributed by atoms with Crippen molar-refractivity contribution in [3.8, 4) is 11.1 Å². The van der Waals surface area contributed by atoms with Gasteiger partial charge in [0.15, 0.2) is 5.58 Å². The summed E-state index contributed by atoms with van der Waals surface area (Å²) < 4.78 is 7.81. The van der Waals surface area contributed by atoms with Gasteiger partial charge in [0, 0.05) is 30.7 Å². The molecule has 0 radical (unpaired) electrons. The first-order valence-corrected chi connectivity index (χ1v) is 8.41. The van der Waals surface area contributed by atoms with Gasteiger partial charge in [0.05, 0.1) is 11.0 Å². The normalized spacial score (nSPS) is 11.3. The zero-order valence-corrected chi connectivity index (χ0v) is 14.2. The van der Waals surface area contributed by atoms with Gasteiger partial charge in [0.1, 0.15) is 5.52 Å². The Morgan fingerprint density at radius 3 is 2.65 bits per heavy atom. The Kier molecular flexibility index (Phi) is 3.25. The molecule has 0 amide bonds. The predicted octanol–water partition coefficient (Wildman–Crippen LogP) is 5.13. The Hall–Kier alpha value is -3.60. The van der Waals surface area contributed by atoms with Gasteiger partial charge >= 0.3 is 0 Å². The number of oxazole rings is 1. The van der Waals surface area contributed by atoms with Crippen molar-refractivity contribution in [1.82, 2.24) is 14.5 Å². The smallest absolute Gasteiger partial charge is 0.300 e. The van der Waals surface area contributed by atoms with E-state index in [-0.39, 0.29) is 0 Å². The quantitative estimate of drug-likeness (QED) is 0.495. The summed E-state index contributed by atoms with van der Waals surface area (Å²) in [7, 11) is 2.04. The number of aromatic nitrogens is 3. The van der Waals surface area contributed by atoms with Gasteiger partial charge in [0.2, 0.25) is 0 Å². The number of nitrogens with zero attached hydrogens (tertiary/aromatic N) is 3. The highest BCUT2D eigenvalue weighted by atomic mass is 16.4. The highest BCUT2D eigenvalue weighted by Crippen LogP contribution is 2.30. The number of pyridine rings is 1. The van der Waals surface area contributed by atoms with Crippen LogP contribution in [0.5, 0.6) is 0 Å². The fourth-order valence-corrected chi connectivity index (χ4v) is 3.21. The molecule has 0 unspecified atom stereocenters. The molecule has 0 saturated carbocycles. The molecule has 2 aromatic carbocycles. The summed E-state index contributed by atoms with van der Waals surface area (Å²) in [5.74, 6) is 0. The summed E-state index contributed by atoms with van der Waals surface area (Å²) in [6.07, 6.45) is 3.94. The van der Waals surface area contributed by atoms with Crippen molar-refractivity contribution in [3.05, 3.63) is 73.1 Å². The summed E-state index contributed by atoms with van der Waals surface area (Å²) in [6, 6.07) is 20.4. The topological polar surface area (TPSA) is 55.9 Å². The van der Waals surface area contributed by atoms with Crippen LogP contribution in [-0.4, -0.2) is 14.5 Å². The number of hydrogen-bond acceptors (Lipinski definition) is 4. The van der Waals surface area contributed by atoms with Crippen LogP contribution in [0.3, 0.4) is 0 Å². The standard InChI is InChI=1S/C21H16N4O/c1-25-13-16(20-18(25)6-4-12-22-20)14-8-10-15(11-9-14)23-21-24-17-5-2-3-7-19(17)26-21/h2-13H,1H3,(H,23,24). The molecule has 0 aliphatic heterocycles. The molecule has 5 aromatic rings. The van der Waals surface area contributed by atoms with E-state index >= 15 is 0 Å². The number of para-hydroxylation sites is 2. The van der Waals surface area contributed by atoms with E-state index in [9.17, 15) is 0 Å². The number of nitrogens with one attached hydrogen (secondary N) is 1. The van der Waals surface area contributed by atoms with Gasteiger partial charge in [-0.3, -0.25) is 4.98 Å². The van der Waals surface area contributed by atoms with Gasteiger partial charge in [-0.2, -0.15) is 4.98 Å². The summed E-state index contributed by atoms with van der Waals surface area (Å²) in [5.41, 5.74) is 6.91. The molecule has 0 aliphatic carbocycles. The number of fused-ring (bicyclic) bond motifs is 2. The van der Waals surface area contributed by atoms with Gasteiger partial charge in [-0.1, -0.05) is 24.3 Å². The van der Waals surface area contributed by atoms with E-state index in [1.54, 1.807) is 0 Å². The van der Waals surface area contributed by atoms with Gasteiger partial charge in [-0.05, 0) is 42.0 Å². The van der Waals surface area contributed by atoms with Gasteiger partial charge in [0.25, 0.3) is 6.01 Å². The maximum Gasteiger partial charge on any atom is 0.300 e. The molecule has 3 aromatic heterocycles. The van der Waals surface area contributed by atoms with E-state index < -0.39 is 0 Å². The van der Waals surface area contributed by atoms with E-state index in [0.717, 1.165) is 38.9 Å². The van der Waals surface area contributed by atoms with Crippen molar-refractivity contribution in [2.75, 3.05) is 5.32 Å². The molecule has 1 N–H and O–H groups in total. The van der Waals surface area contributed by atoms with Gasteiger partial charge in [-0.15, -0.1) is 0 Å². The van der Waals surface area contributed by atoms with Crippen LogP contribution in [0, 0.1) is 0 Å². The van der Waals surface area contributed by atoms with Crippen molar-refractivity contribution >= 4 is 33.8 Å². The Balaban J connectivity index is 1.46. The Morgan fingerprint density at radius 1 is 0.962 bits per heavy atom. The SMILES string of the molecule is Cn1cc(-c2ccc(Nc3nc4ccccc4o3)cc2)c2ncccc21. The molecule has 26 heavy (non-hydrogen) atoms. The minimum absolute atomic E-state index is 0.491. The van der Waals surface area contributed by atoms with Crippen LogP contribution < -0.4 is 5.32 Å². The van der Waals surface area contributed by atoms with E-state index in [1.807, 2.05) is 55.7 Å². The number of anilines is 2. The summed E-state index contributed by atoms with van der Waals surface area (Å²) in [4.78, 5) is 8.97. The Bertz CT molecular complexity index is 1180. The molecule has 126 valence electrons. The number of hydrogen-bond donors (Lipinski definition) is 1. The second-order valence-corrected chi connectivity index (χ2v) is 6.21. The van der Waals surface area contributed by atoms with Crippen molar-refractivity contribution in [2.24, 2.45) is 7.05 Å². The lowest BCUT2D eigenvalue weighted by Crippen LogP contribution is -1.89. The molecular formula is C21H16N4O.